The summed E-state index contributed by atoms with van der Waals surface area (Å²) in [4.78, 5) is 9.01. The highest BCUT2D eigenvalue weighted by Crippen LogP contribution is 2.44. The highest BCUT2D eigenvalue weighted by molar-refractivity contribution is 8.00. The second-order valence-electron chi connectivity index (χ2n) is 8.45. The van der Waals surface area contributed by atoms with Gasteiger partial charge in [0.25, 0.3) is 0 Å². The summed E-state index contributed by atoms with van der Waals surface area (Å²) >= 11 is 1.83. The molecule has 1 aliphatic carbocycles. The van der Waals surface area contributed by atoms with Crippen molar-refractivity contribution in [2.75, 3.05) is 65.3 Å². The lowest BCUT2D eigenvalue weighted by molar-refractivity contribution is 0.153. The molecule has 0 radical (unpaired) electrons. The molecule has 164 valence electrons. The van der Waals surface area contributed by atoms with E-state index in [0.29, 0.717) is 4.91 Å². The number of sulfonamides is 1. The smallest absolute Gasteiger partial charge is 0.242 e. The molecule has 1 saturated heterocycles. The lowest BCUT2D eigenvalue weighted by Crippen LogP contribution is -2.47. The summed E-state index contributed by atoms with van der Waals surface area (Å²) in [6.45, 7) is 6.52. The summed E-state index contributed by atoms with van der Waals surface area (Å²) in [5.74, 6) is 0. The van der Waals surface area contributed by atoms with Gasteiger partial charge in [0.05, 0.1) is 21.9 Å². The first-order chi connectivity index (χ1) is 14.4. The van der Waals surface area contributed by atoms with Crippen LogP contribution in [0.2, 0.25) is 0 Å². The molecule has 0 N–H and O–H groups in total. The molecule has 8 heteroatoms. The van der Waals surface area contributed by atoms with Crippen LogP contribution in [0, 0.1) is 0 Å². The Bertz CT molecular complexity index is 921. The molecule has 0 bridgehead atoms. The van der Waals surface area contributed by atoms with Crippen LogP contribution in [-0.4, -0.2) is 94.2 Å². The molecule has 4 rings (SSSR count). The summed E-state index contributed by atoms with van der Waals surface area (Å²) in [5, 5.41) is 0.227. The predicted octanol–water partition coefficient (Wildman–Crippen LogP) is 2.32. The van der Waals surface area contributed by atoms with E-state index in [2.05, 4.69) is 52.1 Å². The van der Waals surface area contributed by atoms with Crippen LogP contribution in [0.5, 0.6) is 0 Å². The number of anilines is 1. The number of para-hydroxylation sites is 1. The van der Waals surface area contributed by atoms with Crippen molar-refractivity contribution in [3.8, 4) is 0 Å². The van der Waals surface area contributed by atoms with Gasteiger partial charge in [-0.15, -0.1) is 11.8 Å². The van der Waals surface area contributed by atoms with E-state index < -0.39 is 10.0 Å². The third kappa shape index (κ3) is 4.48. The van der Waals surface area contributed by atoms with Crippen LogP contribution >= 0.6 is 11.8 Å². The molecule has 30 heavy (non-hydrogen) atoms. The van der Waals surface area contributed by atoms with E-state index in [1.54, 1.807) is 20.2 Å². The van der Waals surface area contributed by atoms with Gasteiger partial charge in [0.1, 0.15) is 0 Å². The molecule has 0 saturated carbocycles. The second-order valence-corrected chi connectivity index (χ2v) is 11.8. The fraction of sp³-hybridized carbons (Fsp3) is 0.545. The molecule has 1 aromatic carbocycles. The summed E-state index contributed by atoms with van der Waals surface area (Å²) < 4.78 is 26.8. The molecule has 0 amide bonds. The van der Waals surface area contributed by atoms with Gasteiger partial charge < -0.3 is 14.7 Å². The molecule has 2 unspecified atom stereocenters. The van der Waals surface area contributed by atoms with Gasteiger partial charge in [0, 0.05) is 51.7 Å². The van der Waals surface area contributed by atoms with Gasteiger partial charge in [-0.2, -0.15) is 0 Å². The van der Waals surface area contributed by atoms with Crippen molar-refractivity contribution in [1.82, 2.24) is 14.1 Å². The zero-order valence-electron chi connectivity index (χ0n) is 18.1. The lowest BCUT2D eigenvalue weighted by Gasteiger charge is -2.43. The van der Waals surface area contributed by atoms with Crippen LogP contribution in [0.4, 0.5) is 5.69 Å². The van der Waals surface area contributed by atoms with Gasteiger partial charge in [0.2, 0.25) is 10.0 Å². The van der Waals surface area contributed by atoms with E-state index in [0.717, 1.165) is 45.7 Å². The highest BCUT2D eigenvalue weighted by atomic mass is 32.2. The number of piperazine rings is 1. The SMILES string of the molecule is CN1CCN(CCCN2c3ccccc3SC3C=CC(S(=O)(=O)N(C)C)=CC32)CC1. The molecular weight excluding hydrogens is 416 g/mol. The molecule has 0 spiro atoms. The number of hydrogen-bond donors (Lipinski definition) is 0. The molecular formula is C22H32N4O2S2. The maximum absolute atomic E-state index is 12.7. The first kappa shape index (κ1) is 21.9. The summed E-state index contributed by atoms with van der Waals surface area (Å²) in [6, 6.07) is 8.55. The van der Waals surface area contributed by atoms with Crippen LogP contribution in [0.15, 0.2) is 52.3 Å². The average molecular weight is 449 g/mol. The van der Waals surface area contributed by atoms with Crippen molar-refractivity contribution in [2.24, 2.45) is 0 Å². The Morgan fingerprint density at radius 2 is 1.83 bits per heavy atom. The minimum atomic E-state index is -3.44. The van der Waals surface area contributed by atoms with Gasteiger partial charge in [0.15, 0.2) is 0 Å². The fourth-order valence-corrected chi connectivity index (χ4v) is 6.55. The van der Waals surface area contributed by atoms with Gasteiger partial charge in [-0.3, -0.25) is 0 Å². The third-order valence-electron chi connectivity index (χ3n) is 6.17. The Hall–Kier alpha value is -1.32. The maximum atomic E-state index is 12.7. The largest absolute Gasteiger partial charge is 0.363 e. The molecule has 3 aliphatic rings. The quantitative estimate of drug-likeness (QED) is 0.666. The highest BCUT2D eigenvalue weighted by Gasteiger charge is 2.36. The zero-order chi connectivity index (χ0) is 21.3. The number of benzene rings is 1. The molecule has 6 nitrogen and oxygen atoms in total. The topological polar surface area (TPSA) is 47.1 Å². The van der Waals surface area contributed by atoms with Crippen molar-refractivity contribution in [3.05, 3.63) is 47.4 Å². The van der Waals surface area contributed by atoms with E-state index in [4.69, 9.17) is 0 Å². The molecule has 2 heterocycles. The van der Waals surface area contributed by atoms with E-state index in [1.807, 2.05) is 17.8 Å². The fourth-order valence-electron chi connectivity index (χ4n) is 4.29. The predicted molar refractivity (Wildman–Crippen MR) is 126 cm³/mol. The lowest BCUT2D eigenvalue weighted by atomic mass is 10.0. The number of nitrogens with zero attached hydrogens (tertiary/aromatic N) is 4. The van der Waals surface area contributed by atoms with Crippen molar-refractivity contribution >= 4 is 27.5 Å². The zero-order valence-corrected chi connectivity index (χ0v) is 19.7. The molecule has 1 fully saturated rings. The summed E-state index contributed by atoms with van der Waals surface area (Å²) in [5.41, 5.74) is 1.22. The third-order valence-corrected chi connectivity index (χ3v) is 9.30. The number of rotatable bonds is 6. The minimum Gasteiger partial charge on any atom is -0.363 e. The molecule has 2 atom stereocenters. The molecule has 2 aliphatic heterocycles. The van der Waals surface area contributed by atoms with Crippen molar-refractivity contribution < 1.29 is 8.42 Å². The van der Waals surface area contributed by atoms with E-state index in [-0.39, 0.29) is 11.3 Å². The van der Waals surface area contributed by atoms with Crippen molar-refractivity contribution in [2.45, 2.75) is 22.6 Å². The maximum Gasteiger partial charge on any atom is 0.242 e. The number of fused-ring (bicyclic) bond motifs is 2. The van der Waals surface area contributed by atoms with E-state index in [9.17, 15) is 8.42 Å². The van der Waals surface area contributed by atoms with Crippen molar-refractivity contribution in [1.29, 1.82) is 0 Å². The second kappa shape index (κ2) is 9.04. The van der Waals surface area contributed by atoms with Gasteiger partial charge in [-0.1, -0.05) is 18.2 Å². The Kier molecular flexibility index (Phi) is 6.60. The normalized spacial score (nSPS) is 25.2. The van der Waals surface area contributed by atoms with Crippen molar-refractivity contribution in [3.63, 3.8) is 0 Å². The first-order valence-electron chi connectivity index (χ1n) is 10.6. The number of hydrogen-bond acceptors (Lipinski definition) is 6. The van der Waals surface area contributed by atoms with Crippen LogP contribution in [0.1, 0.15) is 6.42 Å². The average Bonchev–Trinajstić information content (AvgIpc) is 2.74. The van der Waals surface area contributed by atoms with Crippen LogP contribution in [0.25, 0.3) is 0 Å². The monoisotopic (exact) mass is 448 g/mol. The van der Waals surface area contributed by atoms with E-state index in [1.165, 1.54) is 14.9 Å². The minimum absolute atomic E-state index is 0.0483. The van der Waals surface area contributed by atoms with Crippen LogP contribution in [0.3, 0.4) is 0 Å². The van der Waals surface area contributed by atoms with Crippen LogP contribution in [-0.2, 0) is 10.0 Å². The van der Waals surface area contributed by atoms with E-state index >= 15 is 0 Å². The Morgan fingerprint density at radius 1 is 1.10 bits per heavy atom. The van der Waals surface area contributed by atoms with Gasteiger partial charge in [-0.05, 0) is 44.3 Å². The Morgan fingerprint density at radius 3 is 2.57 bits per heavy atom. The number of likely N-dealkylation sites (N-methyl/N-ethyl adjacent to an activating group) is 1. The number of thioether (sulfide) groups is 1. The Labute approximate surface area is 185 Å². The van der Waals surface area contributed by atoms with Gasteiger partial charge in [-0.25, -0.2) is 12.7 Å². The summed E-state index contributed by atoms with van der Waals surface area (Å²) in [7, 11) is 1.93. The summed E-state index contributed by atoms with van der Waals surface area (Å²) in [6.07, 6.45) is 6.87. The van der Waals surface area contributed by atoms with Gasteiger partial charge >= 0.3 is 0 Å². The Balaban J connectivity index is 1.54. The van der Waals surface area contributed by atoms with Crippen LogP contribution < -0.4 is 4.90 Å². The molecule has 1 aromatic rings. The number of allylic oxidation sites excluding steroid dienone is 1. The first-order valence-corrected chi connectivity index (χ1v) is 12.9. The molecule has 0 aromatic heterocycles. The standard InChI is InChI=1S/C22H32N4O2S2/c1-23(2)30(27,28)18-9-10-22-20(17-18)26(19-7-4-5-8-21(19)29-22)12-6-11-25-15-13-24(3)14-16-25/h4-5,7-10,17,20,22H,6,11-16H2,1-3H3.